The molecule has 1 saturated heterocycles. The molecule has 0 spiro atoms. The molecule has 2 fully saturated rings. The highest BCUT2D eigenvalue weighted by Crippen LogP contribution is 2.49. The average molecular weight is 518 g/mol. The summed E-state index contributed by atoms with van der Waals surface area (Å²) in [6, 6.07) is 15.3. The highest BCUT2D eigenvalue weighted by Gasteiger charge is 2.47. The fourth-order valence-electron chi connectivity index (χ4n) is 4.98. The van der Waals surface area contributed by atoms with Gasteiger partial charge in [0.1, 0.15) is 12.4 Å². The van der Waals surface area contributed by atoms with Crippen molar-refractivity contribution in [3.05, 3.63) is 77.1 Å². The van der Waals surface area contributed by atoms with E-state index in [0.29, 0.717) is 39.9 Å². The lowest BCUT2D eigenvalue weighted by Gasteiger charge is -2.27. The molecule has 2 N–H and O–H groups in total. The fraction of sp³-hybridized carbons (Fsp3) is 0.345. The zero-order valence-corrected chi connectivity index (χ0v) is 21.3. The molecule has 1 aliphatic heterocycles. The molecule has 1 atom stereocenters. The van der Waals surface area contributed by atoms with E-state index in [4.69, 9.17) is 9.72 Å². The second kappa shape index (κ2) is 9.47. The monoisotopic (exact) mass is 517 g/mol. The number of benzene rings is 2. The van der Waals surface area contributed by atoms with Crippen molar-refractivity contribution in [3.63, 3.8) is 0 Å². The third-order valence-corrected chi connectivity index (χ3v) is 7.50. The third-order valence-electron chi connectivity index (χ3n) is 7.50. The van der Waals surface area contributed by atoms with Crippen LogP contribution in [-0.2, 0) is 5.54 Å². The van der Waals surface area contributed by atoms with E-state index in [0.717, 1.165) is 53.5 Å². The lowest BCUT2D eigenvalue weighted by molar-refractivity contribution is 0.0568. The van der Waals surface area contributed by atoms with E-state index in [1.807, 2.05) is 50.2 Å². The Hall–Kier alpha value is -3.85. The predicted octanol–water partition coefficient (Wildman–Crippen LogP) is 5.27. The first-order chi connectivity index (χ1) is 18.3. The molecule has 0 radical (unpaired) electrons. The number of aromatic nitrogens is 3. The second-order valence-electron chi connectivity index (χ2n) is 10.3. The Morgan fingerprint density at radius 2 is 2.00 bits per heavy atom. The molecule has 1 saturated carbocycles. The Kier molecular flexibility index (Phi) is 6.10. The molecule has 2 aromatic heterocycles. The summed E-state index contributed by atoms with van der Waals surface area (Å²) >= 11 is 0. The lowest BCUT2D eigenvalue weighted by atomic mass is 9.94. The summed E-state index contributed by atoms with van der Waals surface area (Å²) in [6.07, 6.45) is 3.88. The average Bonchev–Trinajstić information content (AvgIpc) is 3.46. The first-order valence-corrected chi connectivity index (χ1v) is 12.9. The van der Waals surface area contributed by atoms with Gasteiger partial charge in [0, 0.05) is 34.4 Å². The molecule has 6 rings (SSSR count). The molecule has 7 nitrogen and oxygen atoms in total. The SMILES string of the molecule is Cc1ccc2c(C3(NC(=O)c4cc(OC[C@@H]5CCN5)ccc4C)CC3)cc(-c3ccn(C(F)F)n3)cc2n1. The Bertz CT molecular complexity index is 1520. The summed E-state index contributed by atoms with van der Waals surface area (Å²) in [7, 11) is 0. The van der Waals surface area contributed by atoms with E-state index in [2.05, 4.69) is 15.7 Å². The van der Waals surface area contributed by atoms with Crippen LogP contribution in [0.25, 0.3) is 22.2 Å². The van der Waals surface area contributed by atoms with Crippen LogP contribution >= 0.6 is 0 Å². The summed E-state index contributed by atoms with van der Waals surface area (Å²) in [5.74, 6) is 0.494. The van der Waals surface area contributed by atoms with E-state index in [-0.39, 0.29) is 5.91 Å². The molecular weight excluding hydrogens is 488 g/mol. The van der Waals surface area contributed by atoms with Gasteiger partial charge in [-0.05, 0) is 87.2 Å². The first-order valence-electron chi connectivity index (χ1n) is 12.9. The van der Waals surface area contributed by atoms with Crippen LogP contribution in [0, 0.1) is 13.8 Å². The molecule has 1 aliphatic carbocycles. The Balaban J connectivity index is 1.33. The van der Waals surface area contributed by atoms with Crippen LogP contribution in [0.2, 0.25) is 0 Å². The van der Waals surface area contributed by atoms with E-state index < -0.39 is 12.1 Å². The molecule has 4 aromatic rings. The Morgan fingerprint density at radius 1 is 1.18 bits per heavy atom. The molecule has 2 aromatic carbocycles. The predicted molar refractivity (Wildman–Crippen MR) is 140 cm³/mol. The maximum Gasteiger partial charge on any atom is 0.333 e. The summed E-state index contributed by atoms with van der Waals surface area (Å²) < 4.78 is 32.9. The molecule has 9 heteroatoms. The molecular formula is C29H29F2N5O2. The van der Waals surface area contributed by atoms with Gasteiger partial charge in [0.2, 0.25) is 0 Å². The number of nitrogens with zero attached hydrogens (tertiary/aromatic N) is 3. The van der Waals surface area contributed by atoms with Crippen molar-refractivity contribution < 1.29 is 18.3 Å². The number of nitrogens with one attached hydrogen (secondary N) is 2. The number of halogens is 2. The van der Waals surface area contributed by atoms with Gasteiger partial charge in [0.15, 0.2) is 0 Å². The Labute approximate surface area is 219 Å². The zero-order chi connectivity index (χ0) is 26.4. The number of pyridine rings is 1. The summed E-state index contributed by atoms with van der Waals surface area (Å²) in [5.41, 5.74) is 4.47. The number of hydrogen-bond donors (Lipinski definition) is 2. The fourth-order valence-corrected chi connectivity index (χ4v) is 4.98. The highest BCUT2D eigenvalue weighted by molar-refractivity contribution is 5.98. The van der Waals surface area contributed by atoms with E-state index in [1.54, 1.807) is 12.1 Å². The topological polar surface area (TPSA) is 81.1 Å². The molecule has 3 heterocycles. The first kappa shape index (κ1) is 24.5. The van der Waals surface area contributed by atoms with Gasteiger partial charge in [-0.2, -0.15) is 13.9 Å². The summed E-state index contributed by atoms with van der Waals surface area (Å²) in [5, 5.41) is 11.6. The minimum absolute atomic E-state index is 0.173. The molecule has 2 aliphatic rings. The summed E-state index contributed by atoms with van der Waals surface area (Å²) in [6.45, 7) is 2.68. The van der Waals surface area contributed by atoms with Crippen LogP contribution in [0.15, 0.2) is 54.7 Å². The minimum Gasteiger partial charge on any atom is -0.492 e. The van der Waals surface area contributed by atoms with Gasteiger partial charge in [-0.25, -0.2) is 4.68 Å². The normalized spacial score (nSPS) is 17.9. The van der Waals surface area contributed by atoms with Crippen LogP contribution in [0.4, 0.5) is 8.78 Å². The van der Waals surface area contributed by atoms with Gasteiger partial charge in [0.05, 0.1) is 16.7 Å². The maximum atomic E-state index is 13.6. The van der Waals surface area contributed by atoms with Crippen molar-refractivity contribution in [1.82, 2.24) is 25.4 Å². The zero-order valence-electron chi connectivity index (χ0n) is 21.3. The highest BCUT2D eigenvalue weighted by atomic mass is 19.3. The molecule has 196 valence electrons. The van der Waals surface area contributed by atoms with Crippen LogP contribution < -0.4 is 15.4 Å². The van der Waals surface area contributed by atoms with Gasteiger partial charge >= 0.3 is 6.55 Å². The number of aryl methyl sites for hydroxylation is 2. The molecule has 1 amide bonds. The van der Waals surface area contributed by atoms with Crippen molar-refractivity contribution in [1.29, 1.82) is 0 Å². The van der Waals surface area contributed by atoms with Crippen molar-refractivity contribution in [2.45, 2.75) is 51.2 Å². The number of alkyl halides is 2. The molecule has 0 unspecified atom stereocenters. The van der Waals surface area contributed by atoms with Crippen LogP contribution in [0.1, 0.15) is 53.0 Å². The number of hydrogen-bond acceptors (Lipinski definition) is 5. The number of ether oxygens (including phenoxy) is 1. The maximum absolute atomic E-state index is 13.6. The molecule has 0 bridgehead atoms. The van der Waals surface area contributed by atoms with Crippen molar-refractivity contribution in [2.75, 3.05) is 13.2 Å². The van der Waals surface area contributed by atoms with Crippen molar-refractivity contribution in [2.24, 2.45) is 0 Å². The number of carbonyl (C=O) groups is 1. The van der Waals surface area contributed by atoms with Crippen molar-refractivity contribution >= 4 is 16.8 Å². The van der Waals surface area contributed by atoms with E-state index in [1.165, 1.54) is 6.20 Å². The molecule has 38 heavy (non-hydrogen) atoms. The number of carbonyl (C=O) groups excluding carboxylic acids is 1. The number of rotatable bonds is 8. The largest absolute Gasteiger partial charge is 0.492 e. The number of fused-ring (bicyclic) bond motifs is 1. The van der Waals surface area contributed by atoms with E-state index >= 15 is 0 Å². The minimum atomic E-state index is -2.72. The third kappa shape index (κ3) is 4.62. The van der Waals surface area contributed by atoms with Crippen molar-refractivity contribution in [3.8, 4) is 17.0 Å². The van der Waals surface area contributed by atoms with Gasteiger partial charge in [0.25, 0.3) is 5.91 Å². The van der Waals surface area contributed by atoms with Gasteiger partial charge in [-0.15, -0.1) is 0 Å². The lowest BCUT2D eigenvalue weighted by Crippen LogP contribution is -2.46. The summed E-state index contributed by atoms with van der Waals surface area (Å²) in [4.78, 5) is 18.3. The Morgan fingerprint density at radius 3 is 2.68 bits per heavy atom. The van der Waals surface area contributed by atoms with Crippen LogP contribution in [-0.4, -0.2) is 39.9 Å². The quantitative estimate of drug-likeness (QED) is 0.333. The standard InChI is InChI=1S/C29H29F2N5O2/c1-17-3-5-21(38-16-20-7-11-32-20)15-23(17)27(37)34-29(9-10-29)24-13-19(25-8-12-36(35-25)28(30)31)14-26-22(24)6-4-18(2)33-26/h3-6,8,12-15,20,28,32H,7,9-11,16H2,1-2H3,(H,34,37)/t20-/m0/s1. The van der Waals surface area contributed by atoms with Crippen LogP contribution in [0.3, 0.4) is 0 Å². The van der Waals surface area contributed by atoms with Crippen LogP contribution in [0.5, 0.6) is 5.75 Å². The number of amides is 1. The van der Waals surface area contributed by atoms with Gasteiger partial charge in [-0.1, -0.05) is 12.1 Å². The van der Waals surface area contributed by atoms with E-state index in [9.17, 15) is 13.6 Å². The second-order valence-corrected chi connectivity index (χ2v) is 10.3. The van der Waals surface area contributed by atoms with Gasteiger partial charge in [-0.3, -0.25) is 9.78 Å². The van der Waals surface area contributed by atoms with Gasteiger partial charge < -0.3 is 15.4 Å². The smallest absolute Gasteiger partial charge is 0.333 e.